The number of hydrogen-bond acceptors (Lipinski definition) is 6. The van der Waals surface area contributed by atoms with Crippen molar-refractivity contribution in [3.63, 3.8) is 0 Å². The molecule has 0 spiro atoms. The molecule has 2 N–H and O–H groups in total. The number of aromatic nitrogens is 3. The molecule has 0 saturated carbocycles. The van der Waals surface area contributed by atoms with Crippen LogP contribution in [0.4, 0.5) is 0 Å². The van der Waals surface area contributed by atoms with Crippen molar-refractivity contribution >= 4 is 17.7 Å². The molecule has 7 nitrogen and oxygen atoms in total. The predicted octanol–water partition coefficient (Wildman–Crippen LogP) is 3.18. The number of carbonyl (C=O) groups excluding carboxylic acids is 1. The first-order valence-corrected chi connectivity index (χ1v) is 10.1. The van der Waals surface area contributed by atoms with Crippen molar-refractivity contribution < 1.29 is 9.53 Å². The van der Waals surface area contributed by atoms with E-state index < -0.39 is 0 Å². The third kappa shape index (κ3) is 4.94. The Kier molecular flexibility index (Phi) is 7.12. The molecule has 0 saturated heterocycles. The van der Waals surface area contributed by atoms with Crippen LogP contribution in [0.15, 0.2) is 29.4 Å². The minimum Gasteiger partial charge on any atom is -0.494 e. The monoisotopic (exact) mass is 391 g/mol. The number of ether oxygens (including phenoxy) is 1. The van der Waals surface area contributed by atoms with E-state index in [1.165, 1.54) is 16.4 Å². The van der Waals surface area contributed by atoms with E-state index in [4.69, 9.17) is 10.6 Å². The van der Waals surface area contributed by atoms with Gasteiger partial charge in [0.2, 0.25) is 11.1 Å². The van der Waals surface area contributed by atoms with E-state index in [0.717, 1.165) is 11.3 Å². The van der Waals surface area contributed by atoms with Crippen LogP contribution in [-0.4, -0.2) is 49.6 Å². The van der Waals surface area contributed by atoms with Crippen LogP contribution in [0.2, 0.25) is 0 Å². The van der Waals surface area contributed by atoms with Crippen molar-refractivity contribution in [2.24, 2.45) is 0 Å². The van der Waals surface area contributed by atoms with E-state index >= 15 is 0 Å². The molecule has 2 rings (SSSR count). The van der Waals surface area contributed by atoms with E-state index in [0.29, 0.717) is 17.6 Å². The number of hydrogen-bond donors (Lipinski definition) is 1. The fourth-order valence-corrected chi connectivity index (χ4v) is 3.77. The lowest BCUT2D eigenvalue weighted by atomic mass is 10.2. The summed E-state index contributed by atoms with van der Waals surface area (Å²) in [5.74, 6) is 7.59. The highest BCUT2D eigenvalue weighted by Gasteiger charge is 2.27. The van der Waals surface area contributed by atoms with Gasteiger partial charge < -0.3 is 15.5 Å². The van der Waals surface area contributed by atoms with E-state index in [2.05, 4.69) is 10.2 Å². The molecule has 2 aromatic rings. The van der Waals surface area contributed by atoms with Crippen LogP contribution in [-0.2, 0) is 4.79 Å². The number of rotatable bonds is 8. The van der Waals surface area contributed by atoms with E-state index in [1.54, 1.807) is 0 Å². The molecule has 0 aliphatic carbocycles. The SMILES string of the molecule is CCOc1ccc(-c2nnc(S[C@H](C)C(=O)N(C(C)C)C(C)C)n2N)cc1. The van der Waals surface area contributed by atoms with Gasteiger partial charge >= 0.3 is 0 Å². The number of nitrogens with zero attached hydrogens (tertiary/aromatic N) is 4. The highest BCUT2D eigenvalue weighted by atomic mass is 32.2. The molecule has 0 radical (unpaired) electrons. The number of thioether (sulfide) groups is 1. The van der Waals surface area contributed by atoms with Crippen molar-refractivity contribution in [1.29, 1.82) is 0 Å². The summed E-state index contributed by atoms with van der Waals surface area (Å²) in [5, 5.41) is 8.56. The third-order valence-electron chi connectivity index (χ3n) is 4.09. The highest BCUT2D eigenvalue weighted by molar-refractivity contribution is 8.00. The van der Waals surface area contributed by atoms with Crippen LogP contribution in [0.25, 0.3) is 11.4 Å². The quantitative estimate of drug-likeness (QED) is 0.549. The maximum Gasteiger partial charge on any atom is 0.236 e. The Morgan fingerprint density at radius 1 is 1.15 bits per heavy atom. The molecule has 1 aromatic carbocycles. The van der Waals surface area contributed by atoms with Gasteiger partial charge in [0, 0.05) is 17.6 Å². The van der Waals surface area contributed by atoms with E-state index in [1.807, 2.05) is 70.7 Å². The van der Waals surface area contributed by atoms with Gasteiger partial charge in [-0.05, 0) is 65.8 Å². The molecule has 1 amide bonds. The van der Waals surface area contributed by atoms with Gasteiger partial charge in [0.05, 0.1) is 11.9 Å². The number of nitrogens with two attached hydrogens (primary N) is 1. The van der Waals surface area contributed by atoms with Crippen molar-refractivity contribution in [2.75, 3.05) is 12.4 Å². The normalized spacial score (nSPS) is 12.4. The first-order valence-electron chi connectivity index (χ1n) is 9.18. The summed E-state index contributed by atoms with van der Waals surface area (Å²) in [5.41, 5.74) is 0.838. The van der Waals surface area contributed by atoms with Gasteiger partial charge in [-0.25, -0.2) is 4.68 Å². The second-order valence-electron chi connectivity index (χ2n) is 6.83. The summed E-state index contributed by atoms with van der Waals surface area (Å²) in [6, 6.07) is 7.79. The number of nitrogen functional groups attached to an aromatic ring is 1. The van der Waals surface area contributed by atoms with Crippen molar-refractivity contribution in [3.8, 4) is 17.1 Å². The Bertz CT molecular complexity index is 750. The summed E-state index contributed by atoms with van der Waals surface area (Å²) in [6.07, 6.45) is 0. The second kappa shape index (κ2) is 9.12. The maximum absolute atomic E-state index is 12.8. The molecule has 1 atom stereocenters. The Hall–Kier alpha value is -2.22. The zero-order chi connectivity index (χ0) is 20.1. The van der Waals surface area contributed by atoms with E-state index in [-0.39, 0.29) is 23.2 Å². The molecule has 0 fully saturated rings. The molecule has 0 bridgehead atoms. The van der Waals surface area contributed by atoms with Crippen LogP contribution in [0.5, 0.6) is 5.75 Å². The van der Waals surface area contributed by atoms with Crippen molar-refractivity contribution in [3.05, 3.63) is 24.3 Å². The molecular weight excluding hydrogens is 362 g/mol. The Balaban J connectivity index is 2.15. The molecule has 148 valence electrons. The van der Waals surface area contributed by atoms with Crippen LogP contribution in [0.1, 0.15) is 41.5 Å². The molecule has 1 heterocycles. The number of carbonyl (C=O) groups is 1. The van der Waals surface area contributed by atoms with Crippen LogP contribution >= 0.6 is 11.8 Å². The zero-order valence-corrected chi connectivity index (χ0v) is 17.7. The molecule has 0 aliphatic heterocycles. The Labute approximate surface area is 165 Å². The first-order chi connectivity index (χ1) is 12.8. The summed E-state index contributed by atoms with van der Waals surface area (Å²) in [7, 11) is 0. The topological polar surface area (TPSA) is 86.3 Å². The number of benzene rings is 1. The van der Waals surface area contributed by atoms with Gasteiger partial charge in [0.1, 0.15) is 5.75 Å². The largest absolute Gasteiger partial charge is 0.494 e. The van der Waals surface area contributed by atoms with Gasteiger partial charge in [-0.3, -0.25) is 4.79 Å². The van der Waals surface area contributed by atoms with Crippen molar-refractivity contribution in [1.82, 2.24) is 19.8 Å². The Morgan fingerprint density at radius 3 is 2.26 bits per heavy atom. The summed E-state index contributed by atoms with van der Waals surface area (Å²) >= 11 is 1.32. The average molecular weight is 392 g/mol. The average Bonchev–Trinajstić information content (AvgIpc) is 2.96. The summed E-state index contributed by atoms with van der Waals surface area (Å²) < 4.78 is 6.88. The maximum atomic E-state index is 12.8. The minimum absolute atomic E-state index is 0.0654. The molecule has 1 aromatic heterocycles. The first kappa shape index (κ1) is 21.1. The predicted molar refractivity (Wildman–Crippen MR) is 109 cm³/mol. The van der Waals surface area contributed by atoms with Gasteiger partial charge in [-0.2, -0.15) is 0 Å². The van der Waals surface area contributed by atoms with Gasteiger partial charge in [-0.1, -0.05) is 11.8 Å². The van der Waals surface area contributed by atoms with Gasteiger partial charge in [-0.15, -0.1) is 10.2 Å². The van der Waals surface area contributed by atoms with Gasteiger partial charge in [0.25, 0.3) is 0 Å². The Morgan fingerprint density at radius 2 is 1.74 bits per heavy atom. The van der Waals surface area contributed by atoms with Crippen LogP contribution in [0, 0.1) is 0 Å². The molecule has 0 aliphatic rings. The second-order valence-corrected chi connectivity index (χ2v) is 8.13. The number of amides is 1. The lowest BCUT2D eigenvalue weighted by Crippen LogP contribution is -2.45. The third-order valence-corrected chi connectivity index (χ3v) is 5.13. The van der Waals surface area contributed by atoms with Crippen molar-refractivity contribution in [2.45, 2.75) is 64.0 Å². The van der Waals surface area contributed by atoms with Crippen LogP contribution < -0.4 is 10.6 Å². The fraction of sp³-hybridized carbons (Fsp3) is 0.526. The standard InChI is InChI=1S/C19H29N5O2S/c1-7-26-16-10-8-15(9-11-16)17-21-22-19(24(17)20)27-14(6)18(25)23(12(2)3)13(4)5/h8-14H,7,20H2,1-6H3/t14-/m1/s1. The molecule has 0 unspecified atom stereocenters. The highest BCUT2D eigenvalue weighted by Crippen LogP contribution is 2.27. The van der Waals surface area contributed by atoms with E-state index in [9.17, 15) is 4.79 Å². The summed E-state index contributed by atoms with van der Waals surface area (Å²) in [4.78, 5) is 14.7. The smallest absolute Gasteiger partial charge is 0.236 e. The zero-order valence-electron chi connectivity index (χ0n) is 16.8. The van der Waals surface area contributed by atoms with Gasteiger partial charge in [0.15, 0.2) is 5.82 Å². The molecule has 8 heteroatoms. The lowest BCUT2D eigenvalue weighted by Gasteiger charge is -2.32. The minimum atomic E-state index is -0.311. The fourth-order valence-electron chi connectivity index (χ4n) is 2.94. The molecular formula is C19H29N5O2S. The lowest BCUT2D eigenvalue weighted by molar-refractivity contribution is -0.133. The van der Waals surface area contributed by atoms with Crippen LogP contribution in [0.3, 0.4) is 0 Å². The molecule has 27 heavy (non-hydrogen) atoms. The summed E-state index contributed by atoms with van der Waals surface area (Å²) in [6.45, 7) is 12.5.